The number of rotatable bonds is 2. The maximum atomic E-state index is 8.37. The van der Waals surface area contributed by atoms with Crippen LogP contribution in [-0.2, 0) is 0 Å². The quantitative estimate of drug-likeness (QED) is 0.685. The summed E-state index contributed by atoms with van der Waals surface area (Å²) in [7, 11) is 0. The number of benzene rings is 1. The molecule has 78 valence electrons. The van der Waals surface area contributed by atoms with Crippen LogP contribution in [0.1, 0.15) is 43.6 Å². The van der Waals surface area contributed by atoms with E-state index in [2.05, 4.69) is 12.1 Å². The standard InChI is InChI=1S/C13H15NO/c14-10-15-13-8-6-12(7-9-13)11-4-2-1-3-5-11/h6-9,11H,1-5H2. The van der Waals surface area contributed by atoms with Crippen molar-refractivity contribution >= 4 is 0 Å². The Morgan fingerprint density at radius 3 is 2.33 bits per heavy atom. The van der Waals surface area contributed by atoms with E-state index in [1.54, 1.807) is 6.26 Å². The summed E-state index contributed by atoms with van der Waals surface area (Å²) in [5, 5.41) is 8.37. The van der Waals surface area contributed by atoms with Crippen LogP contribution in [0.15, 0.2) is 24.3 Å². The normalized spacial score (nSPS) is 17.0. The summed E-state index contributed by atoms with van der Waals surface area (Å²) in [4.78, 5) is 0. The van der Waals surface area contributed by atoms with Gasteiger partial charge in [-0.3, -0.25) is 0 Å². The minimum absolute atomic E-state index is 0.636. The van der Waals surface area contributed by atoms with E-state index in [9.17, 15) is 0 Å². The molecule has 1 fully saturated rings. The highest BCUT2D eigenvalue weighted by atomic mass is 16.5. The predicted molar refractivity (Wildman–Crippen MR) is 58.5 cm³/mol. The van der Waals surface area contributed by atoms with Crippen LogP contribution in [0.25, 0.3) is 0 Å². The van der Waals surface area contributed by atoms with Gasteiger partial charge in [-0.2, -0.15) is 0 Å². The fourth-order valence-electron chi connectivity index (χ4n) is 2.30. The Labute approximate surface area is 90.5 Å². The Bertz CT molecular complexity index is 344. The first kappa shape index (κ1) is 10.0. The van der Waals surface area contributed by atoms with E-state index in [4.69, 9.17) is 10.00 Å². The maximum Gasteiger partial charge on any atom is 0.292 e. The highest BCUT2D eigenvalue weighted by molar-refractivity contribution is 5.30. The molecule has 2 rings (SSSR count). The molecule has 0 bridgehead atoms. The van der Waals surface area contributed by atoms with Crippen LogP contribution in [0.3, 0.4) is 0 Å². The van der Waals surface area contributed by atoms with Gasteiger partial charge in [0.1, 0.15) is 5.75 Å². The molecular weight excluding hydrogens is 186 g/mol. The molecule has 0 spiro atoms. The largest absolute Gasteiger partial charge is 0.388 e. The van der Waals surface area contributed by atoms with Gasteiger partial charge in [-0.05, 0) is 36.5 Å². The van der Waals surface area contributed by atoms with Gasteiger partial charge >= 0.3 is 0 Å². The molecule has 0 heterocycles. The van der Waals surface area contributed by atoms with Crippen molar-refractivity contribution in [3.8, 4) is 12.0 Å². The van der Waals surface area contributed by atoms with E-state index in [0.29, 0.717) is 5.75 Å². The first-order valence-electron chi connectivity index (χ1n) is 5.56. The molecule has 2 heteroatoms. The van der Waals surface area contributed by atoms with E-state index in [1.807, 2.05) is 12.1 Å². The summed E-state index contributed by atoms with van der Waals surface area (Å²) in [6, 6.07) is 7.94. The third kappa shape index (κ3) is 2.50. The van der Waals surface area contributed by atoms with Crippen LogP contribution in [0.2, 0.25) is 0 Å². The third-order valence-electron chi connectivity index (χ3n) is 3.12. The second-order valence-corrected chi connectivity index (χ2v) is 4.10. The minimum atomic E-state index is 0.636. The molecule has 1 aromatic carbocycles. The van der Waals surface area contributed by atoms with Crippen LogP contribution in [-0.4, -0.2) is 0 Å². The Balaban J connectivity index is 2.05. The molecule has 0 atom stereocenters. The predicted octanol–water partition coefficient (Wildman–Crippen LogP) is 3.59. The summed E-state index contributed by atoms with van der Waals surface area (Å²) in [6.07, 6.45) is 8.37. The average Bonchev–Trinajstić information content (AvgIpc) is 2.32. The van der Waals surface area contributed by atoms with Gasteiger partial charge in [0.2, 0.25) is 0 Å². The summed E-state index contributed by atoms with van der Waals surface area (Å²) in [6.45, 7) is 0. The fraction of sp³-hybridized carbons (Fsp3) is 0.462. The highest BCUT2D eigenvalue weighted by Gasteiger charge is 2.14. The van der Waals surface area contributed by atoms with E-state index in [-0.39, 0.29) is 0 Å². The van der Waals surface area contributed by atoms with Crippen LogP contribution in [0.4, 0.5) is 0 Å². The van der Waals surface area contributed by atoms with Gasteiger partial charge in [0.15, 0.2) is 0 Å². The molecule has 1 aliphatic carbocycles. The van der Waals surface area contributed by atoms with Crippen molar-refractivity contribution in [1.29, 1.82) is 5.26 Å². The summed E-state index contributed by atoms with van der Waals surface area (Å²) >= 11 is 0. The molecule has 1 aliphatic rings. The lowest BCUT2D eigenvalue weighted by molar-refractivity contribution is 0.443. The van der Waals surface area contributed by atoms with Crippen molar-refractivity contribution in [2.24, 2.45) is 0 Å². The Hall–Kier alpha value is -1.49. The Morgan fingerprint density at radius 2 is 1.73 bits per heavy atom. The summed E-state index contributed by atoms with van der Waals surface area (Å²) in [5.41, 5.74) is 1.39. The van der Waals surface area contributed by atoms with Crippen LogP contribution in [0, 0.1) is 11.5 Å². The topological polar surface area (TPSA) is 33.0 Å². The summed E-state index contributed by atoms with van der Waals surface area (Å²) in [5.74, 6) is 1.35. The van der Waals surface area contributed by atoms with Gasteiger partial charge in [0.05, 0.1) is 0 Å². The molecule has 0 N–H and O–H groups in total. The smallest absolute Gasteiger partial charge is 0.292 e. The Morgan fingerprint density at radius 1 is 1.07 bits per heavy atom. The van der Waals surface area contributed by atoms with Crippen LogP contribution < -0.4 is 4.74 Å². The zero-order chi connectivity index (χ0) is 10.5. The molecule has 0 saturated heterocycles. The van der Waals surface area contributed by atoms with Crippen molar-refractivity contribution in [3.63, 3.8) is 0 Å². The maximum absolute atomic E-state index is 8.37. The van der Waals surface area contributed by atoms with E-state index >= 15 is 0 Å². The van der Waals surface area contributed by atoms with Crippen molar-refractivity contribution in [1.82, 2.24) is 0 Å². The molecule has 1 aromatic rings. The summed E-state index contributed by atoms with van der Waals surface area (Å²) < 4.78 is 4.75. The van der Waals surface area contributed by atoms with Crippen LogP contribution in [0.5, 0.6) is 5.75 Å². The lowest BCUT2D eigenvalue weighted by atomic mass is 9.84. The van der Waals surface area contributed by atoms with Gasteiger partial charge in [-0.15, -0.1) is 5.26 Å². The van der Waals surface area contributed by atoms with E-state index < -0.39 is 0 Å². The lowest BCUT2D eigenvalue weighted by Crippen LogP contribution is -2.04. The first-order chi connectivity index (χ1) is 7.40. The fourth-order valence-corrected chi connectivity index (χ4v) is 2.30. The van der Waals surface area contributed by atoms with Crippen molar-refractivity contribution < 1.29 is 4.74 Å². The van der Waals surface area contributed by atoms with Crippen molar-refractivity contribution in [2.45, 2.75) is 38.0 Å². The van der Waals surface area contributed by atoms with Gasteiger partial charge in [-0.1, -0.05) is 31.4 Å². The second-order valence-electron chi connectivity index (χ2n) is 4.10. The van der Waals surface area contributed by atoms with Gasteiger partial charge < -0.3 is 4.74 Å². The molecular formula is C13H15NO. The number of nitrogens with zero attached hydrogens (tertiary/aromatic N) is 1. The number of ether oxygens (including phenoxy) is 1. The molecule has 0 aromatic heterocycles. The monoisotopic (exact) mass is 201 g/mol. The first-order valence-corrected chi connectivity index (χ1v) is 5.56. The Kier molecular flexibility index (Phi) is 3.24. The SMILES string of the molecule is N#COc1ccc(C2CCCCC2)cc1. The third-order valence-corrected chi connectivity index (χ3v) is 3.12. The zero-order valence-corrected chi connectivity index (χ0v) is 8.78. The van der Waals surface area contributed by atoms with Crippen LogP contribution >= 0.6 is 0 Å². The number of hydrogen-bond acceptors (Lipinski definition) is 2. The molecule has 1 saturated carbocycles. The molecule has 15 heavy (non-hydrogen) atoms. The van der Waals surface area contributed by atoms with Gasteiger partial charge in [-0.25, -0.2) is 0 Å². The van der Waals surface area contributed by atoms with E-state index in [0.717, 1.165) is 5.92 Å². The molecule has 0 amide bonds. The van der Waals surface area contributed by atoms with Crippen molar-refractivity contribution in [3.05, 3.63) is 29.8 Å². The number of hydrogen-bond donors (Lipinski definition) is 0. The van der Waals surface area contributed by atoms with Crippen molar-refractivity contribution in [2.75, 3.05) is 0 Å². The number of nitriles is 1. The zero-order valence-electron chi connectivity index (χ0n) is 8.78. The molecule has 2 nitrogen and oxygen atoms in total. The van der Waals surface area contributed by atoms with E-state index in [1.165, 1.54) is 37.7 Å². The van der Waals surface area contributed by atoms with Gasteiger partial charge in [0, 0.05) is 0 Å². The molecule has 0 unspecified atom stereocenters. The molecule has 0 radical (unpaired) electrons. The average molecular weight is 201 g/mol. The molecule has 0 aliphatic heterocycles. The van der Waals surface area contributed by atoms with Gasteiger partial charge in [0.25, 0.3) is 6.26 Å². The lowest BCUT2D eigenvalue weighted by Gasteiger charge is -2.21. The minimum Gasteiger partial charge on any atom is -0.388 e. The second kappa shape index (κ2) is 4.84. The highest BCUT2D eigenvalue weighted by Crippen LogP contribution is 2.33.